The third kappa shape index (κ3) is 6.82. The van der Waals surface area contributed by atoms with Gasteiger partial charge in [-0.25, -0.2) is 0 Å². The smallest absolute Gasteiger partial charge is 0.0402 e. The molecule has 0 aromatic carbocycles. The molecule has 0 spiro atoms. The minimum atomic E-state index is 0.250. The van der Waals surface area contributed by atoms with Crippen LogP contribution >= 0.6 is 0 Å². The molecule has 4 saturated carbocycles. The number of hydrogen-bond donors (Lipinski definition) is 1. The molecule has 5 aliphatic rings. The van der Waals surface area contributed by atoms with Crippen LogP contribution in [0.4, 0.5) is 0 Å². The second kappa shape index (κ2) is 15.3. The van der Waals surface area contributed by atoms with Crippen molar-refractivity contribution >= 4 is 0 Å². The van der Waals surface area contributed by atoms with Crippen molar-refractivity contribution in [1.82, 2.24) is 0 Å². The predicted octanol–water partition coefficient (Wildman–Crippen LogP) is 10.8. The Morgan fingerprint density at radius 2 is 1.25 bits per heavy atom. The number of aliphatic hydroxyl groups is 1. The first-order chi connectivity index (χ1) is 17.3. The summed E-state index contributed by atoms with van der Waals surface area (Å²) in [5, 5.41) is 7.57. The Hall–Kier alpha value is -0.300. The zero-order valence-electron chi connectivity index (χ0n) is 26.9. The Labute approximate surface area is 228 Å². The SMILES string of the molecule is CC.CC.CC.CC(C)C(C)C1CCC2C3C=CC4CC(C5CC5)CCC4(C)C3CCC12C.CCO. The molecule has 0 aromatic rings. The van der Waals surface area contributed by atoms with Gasteiger partial charge in [-0.3, -0.25) is 0 Å². The number of allylic oxidation sites excluding steroid dienone is 2. The maximum Gasteiger partial charge on any atom is 0.0402 e. The summed E-state index contributed by atoms with van der Waals surface area (Å²) < 4.78 is 0. The van der Waals surface area contributed by atoms with Crippen LogP contribution in [0, 0.1) is 64.1 Å². The normalized spacial score (nSPS) is 40.7. The van der Waals surface area contributed by atoms with E-state index in [1.807, 2.05) is 41.5 Å². The Balaban J connectivity index is 0.000000647. The molecule has 0 radical (unpaired) electrons. The summed E-state index contributed by atoms with van der Waals surface area (Å²) in [5.41, 5.74) is 1.23. The van der Waals surface area contributed by atoms with Crippen molar-refractivity contribution in [3.05, 3.63) is 12.2 Å². The first-order valence-corrected chi connectivity index (χ1v) is 16.5. The van der Waals surface area contributed by atoms with Gasteiger partial charge in [-0.1, -0.05) is 88.3 Å². The van der Waals surface area contributed by atoms with Gasteiger partial charge >= 0.3 is 0 Å². The van der Waals surface area contributed by atoms with E-state index in [0.29, 0.717) is 10.8 Å². The van der Waals surface area contributed by atoms with Gasteiger partial charge < -0.3 is 5.11 Å². The lowest BCUT2D eigenvalue weighted by Crippen LogP contribution is -2.52. The highest BCUT2D eigenvalue weighted by Gasteiger charge is 2.60. The Kier molecular flexibility index (Phi) is 14.4. The van der Waals surface area contributed by atoms with E-state index in [2.05, 4.69) is 46.8 Å². The Morgan fingerprint density at radius 3 is 1.78 bits per heavy atom. The van der Waals surface area contributed by atoms with Gasteiger partial charge in [0.15, 0.2) is 0 Å². The van der Waals surface area contributed by atoms with Crippen LogP contribution in [0.25, 0.3) is 0 Å². The minimum Gasteiger partial charge on any atom is -0.397 e. The summed E-state index contributed by atoms with van der Waals surface area (Å²) in [6.07, 6.45) is 19.2. The molecule has 9 atom stereocenters. The summed E-state index contributed by atoms with van der Waals surface area (Å²) in [6, 6.07) is 0. The van der Waals surface area contributed by atoms with Crippen molar-refractivity contribution < 1.29 is 5.11 Å². The second-order valence-electron chi connectivity index (χ2n) is 12.8. The van der Waals surface area contributed by atoms with Crippen molar-refractivity contribution in [2.24, 2.45) is 64.1 Å². The standard InChI is InChI=1S/C27H44.C2H6O.3C2H6/c1-17(2)18(3)23-10-11-24-22-9-8-21-16-20(19-6-7-19)12-14-26(21,4)25(22)13-15-27(23,24)5;1-2-3;3*1-2/h8-9,17-25H,6-7,10-16H2,1-5H3;3H,2H2,1H3;3*1-2H3. The summed E-state index contributed by atoms with van der Waals surface area (Å²) in [6.45, 7) is 26.8. The number of aliphatic hydroxyl groups excluding tert-OH is 1. The van der Waals surface area contributed by atoms with E-state index in [1.54, 1.807) is 26.2 Å². The molecule has 5 rings (SSSR count). The van der Waals surface area contributed by atoms with Gasteiger partial charge in [-0.05, 0) is 129 Å². The number of fused-ring (bicyclic) bond motifs is 5. The molecule has 0 bridgehead atoms. The monoisotopic (exact) mass is 505 g/mol. The van der Waals surface area contributed by atoms with Crippen LogP contribution in [-0.4, -0.2) is 11.7 Å². The van der Waals surface area contributed by atoms with E-state index in [0.717, 1.165) is 53.3 Å². The van der Waals surface area contributed by atoms with Crippen LogP contribution in [0.1, 0.15) is 141 Å². The fourth-order valence-corrected chi connectivity index (χ4v) is 9.01. The molecule has 1 nitrogen and oxygen atoms in total. The van der Waals surface area contributed by atoms with E-state index in [4.69, 9.17) is 5.11 Å². The first-order valence-electron chi connectivity index (χ1n) is 16.5. The molecule has 0 amide bonds. The summed E-state index contributed by atoms with van der Waals surface area (Å²) in [7, 11) is 0. The van der Waals surface area contributed by atoms with Gasteiger partial charge in [0.25, 0.3) is 0 Å². The third-order valence-corrected chi connectivity index (χ3v) is 11.3. The highest BCUT2D eigenvalue weighted by molar-refractivity contribution is 5.18. The average Bonchev–Trinajstić information content (AvgIpc) is 3.68. The average molecular weight is 505 g/mol. The van der Waals surface area contributed by atoms with Crippen molar-refractivity contribution in [1.29, 1.82) is 0 Å². The molecule has 0 aliphatic heterocycles. The van der Waals surface area contributed by atoms with Crippen LogP contribution < -0.4 is 0 Å². The molecule has 5 aliphatic carbocycles. The Bertz CT molecular complexity index is 618. The number of hydrogen-bond acceptors (Lipinski definition) is 1. The molecule has 1 heteroatoms. The van der Waals surface area contributed by atoms with E-state index >= 15 is 0 Å². The van der Waals surface area contributed by atoms with Gasteiger partial charge in [0.2, 0.25) is 0 Å². The lowest BCUT2D eigenvalue weighted by atomic mass is 9.45. The highest BCUT2D eigenvalue weighted by Crippen LogP contribution is 2.68. The van der Waals surface area contributed by atoms with Crippen LogP contribution in [0.15, 0.2) is 12.2 Å². The molecule has 0 heterocycles. The van der Waals surface area contributed by atoms with E-state index < -0.39 is 0 Å². The highest BCUT2D eigenvalue weighted by atomic mass is 16.2. The summed E-state index contributed by atoms with van der Waals surface area (Å²) >= 11 is 0. The second-order valence-corrected chi connectivity index (χ2v) is 12.8. The quantitative estimate of drug-likeness (QED) is 0.379. The zero-order valence-corrected chi connectivity index (χ0v) is 26.9. The van der Waals surface area contributed by atoms with Gasteiger partial charge in [0.1, 0.15) is 0 Å². The molecule has 9 unspecified atom stereocenters. The molecular formula is C35H68O. The first kappa shape index (κ1) is 33.7. The van der Waals surface area contributed by atoms with Gasteiger partial charge in [0.05, 0.1) is 0 Å². The zero-order chi connectivity index (χ0) is 27.7. The van der Waals surface area contributed by atoms with Gasteiger partial charge in [0, 0.05) is 6.61 Å². The summed E-state index contributed by atoms with van der Waals surface area (Å²) in [4.78, 5) is 0. The van der Waals surface area contributed by atoms with E-state index in [9.17, 15) is 0 Å². The third-order valence-electron chi connectivity index (χ3n) is 11.3. The fourth-order valence-electron chi connectivity index (χ4n) is 9.01. The lowest BCUT2D eigenvalue weighted by molar-refractivity contribution is -0.0742. The summed E-state index contributed by atoms with van der Waals surface area (Å²) in [5.74, 6) is 8.63. The topological polar surface area (TPSA) is 20.2 Å². The van der Waals surface area contributed by atoms with Gasteiger partial charge in [-0.15, -0.1) is 0 Å². The molecule has 36 heavy (non-hydrogen) atoms. The van der Waals surface area contributed by atoms with E-state index in [-0.39, 0.29) is 6.61 Å². The maximum atomic E-state index is 7.57. The van der Waals surface area contributed by atoms with Crippen LogP contribution in [0.3, 0.4) is 0 Å². The largest absolute Gasteiger partial charge is 0.397 e. The van der Waals surface area contributed by atoms with Crippen LogP contribution in [0.2, 0.25) is 0 Å². The maximum absolute atomic E-state index is 7.57. The minimum absolute atomic E-state index is 0.250. The van der Waals surface area contributed by atoms with Crippen molar-refractivity contribution in [2.45, 2.75) is 141 Å². The molecule has 0 saturated heterocycles. The molecular weight excluding hydrogens is 436 g/mol. The lowest BCUT2D eigenvalue weighted by Gasteiger charge is -2.59. The fraction of sp³-hybridized carbons (Fsp3) is 0.943. The number of rotatable bonds is 3. The van der Waals surface area contributed by atoms with Crippen LogP contribution in [0.5, 0.6) is 0 Å². The Morgan fingerprint density at radius 1 is 0.722 bits per heavy atom. The molecule has 1 N–H and O–H groups in total. The van der Waals surface area contributed by atoms with Crippen molar-refractivity contribution in [3.8, 4) is 0 Å². The van der Waals surface area contributed by atoms with Crippen LogP contribution in [-0.2, 0) is 0 Å². The van der Waals surface area contributed by atoms with Gasteiger partial charge in [-0.2, -0.15) is 0 Å². The molecule has 214 valence electrons. The predicted molar refractivity (Wildman–Crippen MR) is 162 cm³/mol. The molecule has 4 fully saturated rings. The van der Waals surface area contributed by atoms with Crippen molar-refractivity contribution in [3.63, 3.8) is 0 Å². The van der Waals surface area contributed by atoms with Crippen molar-refractivity contribution in [2.75, 3.05) is 6.61 Å². The van der Waals surface area contributed by atoms with E-state index in [1.165, 1.54) is 38.5 Å². The molecule has 0 aromatic heterocycles.